The molecule has 1 unspecified atom stereocenters. The Morgan fingerprint density at radius 1 is 1.62 bits per heavy atom. The molecule has 72 valence electrons. The average Bonchev–Trinajstić information content (AvgIpc) is 2.88. The summed E-state index contributed by atoms with van der Waals surface area (Å²) in [6.45, 7) is 0. The lowest BCUT2D eigenvalue weighted by molar-refractivity contribution is 0.552. The third kappa shape index (κ3) is 2.55. The Morgan fingerprint density at radius 2 is 2.38 bits per heavy atom. The molecule has 0 spiro atoms. The lowest BCUT2D eigenvalue weighted by atomic mass is 10.1. The number of rotatable bonds is 4. The summed E-state index contributed by atoms with van der Waals surface area (Å²) in [4.78, 5) is 1.44. The van der Waals surface area contributed by atoms with Gasteiger partial charge >= 0.3 is 0 Å². The molecule has 1 aromatic heterocycles. The Labute approximate surface area is 91.5 Å². The molecule has 1 heterocycles. The number of nitrogens with two attached hydrogens (primary N) is 1. The van der Waals surface area contributed by atoms with Crippen molar-refractivity contribution >= 4 is 27.3 Å². The third-order valence-corrected chi connectivity index (χ3v) is 4.61. The van der Waals surface area contributed by atoms with E-state index in [1.165, 1.54) is 22.2 Å². The molecule has 1 saturated carbocycles. The molecule has 0 aromatic carbocycles. The lowest BCUT2D eigenvalue weighted by Gasteiger charge is -2.08. The summed E-state index contributed by atoms with van der Waals surface area (Å²) in [6, 6.07) is 2.55. The fourth-order valence-corrected chi connectivity index (χ4v) is 3.13. The molecule has 0 radical (unpaired) electrons. The van der Waals surface area contributed by atoms with Gasteiger partial charge in [0.25, 0.3) is 0 Å². The average molecular weight is 260 g/mol. The molecule has 2 N–H and O–H groups in total. The van der Waals surface area contributed by atoms with Gasteiger partial charge in [-0.05, 0) is 59.0 Å². The topological polar surface area (TPSA) is 26.0 Å². The van der Waals surface area contributed by atoms with Crippen LogP contribution in [0.2, 0.25) is 0 Å². The van der Waals surface area contributed by atoms with Crippen LogP contribution in [0, 0.1) is 5.92 Å². The van der Waals surface area contributed by atoms with Crippen LogP contribution in [-0.2, 0) is 6.42 Å². The molecule has 3 heteroatoms. The van der Waals surface area contributed by atoms with Crippen LogP contribution >= 0.6 is 27.3 Å². The van der Waals surface area contributed by atoms with Crippen molar-refractivity contribution in [1.82, 2.24) is 0 Å². The molecule has 1 aliphatic carbocycles. The Kier molecular flexibility index (Phi) is 3.06. The van der Waals surface area contributed by atoms with Crippen LogP contribution in [-0.4, -0.2) is 6.04 Å². The standard InChI is InChI=1S/C10H14BrNS/c11-8-5-6-13-10(8)4-3-9(12)7-1-2-7/h5-7,9H,1-4,12H2. The van der Waals surface area contributed by atoms with E-state index in [-0.39, 0.29) is 0 Å². The van der Waals surface area contributed by atoms with E-state index in [2.05, 4.69) is 27.4 Å². The van der Waals surface area contributed by atoms with E-state index in [9.17, 15) is 0 Å². The number of halogens is 1. The minimum atomic E-state index is 0.439. The van der Waals surface area contributed by atoms with Crippen molar-refractivity contribution in [2.75, 3.05) is 0 Å². The second-order valence-electron chi connectivity index (χ2n) is 3.73. The van der Waals surface area contributed by atoms with Crippen LogP contribution in [0.1, 0.15) is 24.1 Å². The maximum Gasteiger partial charge on any atom is 0.0314 e. The van der Waals surface area contributed by atoms with Gasteiger partial charge in [-0.1, -0.05) is 0 Å². The van der Waals surface area contributed by atoms with Gasteiger partial charge in [0.05, 0.1) is 0 Å². The van der Waals surface area contributed by atoms with Gasteiger partial charge < -0.3 is 5.73 Å². The fourth-order valence-electron chi connectivity index (χ4n) is 1.56. The second kappa shape index (κ2) is 4.11. The Balaban J connectivity index is 1.81. The van der Waals surface area contributed by atoms with E-state index in [4.69, 9.17) is 5.73 Å². The minimum absolute atomic E-state index is 0.439. The molecule has 0 bridgehead atoms. The molecule has 2 rings (SSSR count). The van der Waals surface area contributed by atoms with Crippen molar-refractivity contribution in [3.63, 3.8) is 0 Å². The van der Waals surface area contributed by atoms with E-state index in [1.54, 1.807) is 0 Å². The summed E-state index contributed by atoms with van der Waals surface area (Å²) in [5.41, 5.74) is 6.03. The molecule has 1 aromatic rings. The first kappa shape index (κ1) is 9.69. The van der Waals surface area contributed by atoms with Crippen LogP contribution in [0.3, 0.4) is 0 Å². The van der Waals surface area contributed by atoms with E-state index >= 15 is 0 Å². The van der Waals surface area contributed by atoms with Gasteiger partial charge in [-0.2, -0.15) is 0 Å². The van der Waals surface area contributed by atoms with Crippen LogP contribution in [0.15, 0.2) is 15.9 Å². The van der Waals surface area contributed by atoms with Crippen molar-refractivity contribution in [2.24, 2.45) is 11.7 Å². The monoisotopic (exact) mass is 259 g/mol. The zero-order valence-corrected chi connectivity index (χ0v) is 9.90. The van der Waals surface area contributed by atoms with E-state index in [0.29, 0.717) is 6.04 Å². The Morgan fingerprint density at radius 3 is 2.92 bits per heavy atom. The second-order valence-corrected chi connectivity index (χ2v) is 5.59. The normalized spacial score (nSPS) is 18.9. The lowest BCUT2D eigenvalue weighted by Crippen LogP contribution is -2.22. The third-order valence-electron chi connectivity index (χ3n) is 2.62. The number of hydrogen-bond donors (Lipinski definition) is 1. The molecule has 1 nitrogen and oxygen atoms in total. The number of aryl methyl sites for hydroxylation is 1. The largest absolute Gasteiger partial charge is 0.327 e. The fraction of sp³-hybridized carbons (Fsp3) is 0.600. The van der Waals surface area contributed by atoms with Gasteiger partial charge in [-0.3, -0.25) is 0 Å². The van der Waals surface area contributed by atoms with Gasteiger partial charge in [0, 0.05) is 15.4 Å². The molecular weight excluding hydrogens is 246 g/mol. The maximum absolute atomic E-state index is 6.03. The predicted octanol–water partition coefficient (Wildman–Crippen LogP) is 3.18. The van der Waals surface area contributed by atoms with Crippen molar-refractivity contribution < 1.29 is 0 Å². The summed E-state index contributed by atoms with van der Waals surface area (Å²) in [5.74, 6) is 0.832. The molecule has 0 amide bonds. The Hall–Kier alpha value is 0.140. The number of hydrogen-bond acceptors (Lipinski definition) is 2. The first-order valence-corrected chi connectivity index (χ1v) is 6.42. The first-order chi connectivity index (χ1) is 6.27. The van der Waals surface area contributed by atoms with Crippen molar-refractivity contribution in [2.45, 2.75) is 31.7 Å². The molecule has 0 aliphatic heterocycles. The predicted molar refractivity (Wildman–Crippen MR) is 61.0 cm³/mol. The summed E-state index contributed by atoms with van der Waals surface area (Å²) in [5, 5.41) is 2.13. The highest BCUT2D eigenvalue weighted by Crippen LogP contribution is 2.34. The van der Waals surface area contributed by atoms with Gasteiger partial charge in [0.15, 0.2) is 0 Å². The quantitative estimate of drug-likeness (QED) is 0.884. The van der Waals surface area contributed by atoms with Gasteiger partial charge in [-0.25, -0.2) is 0 Å². The molecule has 0 saturated heterocycles. The highest BCUT2D eigenvalue weighted by Gasteiger charge is 2.27. The molecule has 1 atom stereocenters. The van der Waals surface area contributed by atoms with Gasteiger partial charge in [-0.15, -0.1) is 11.3 Å². The van der Waals surface area contributed by atoms with E-state index < -0.39 is 0 Å². The zero-order chi connectivity index (χ0) is 9.26. The van der Waals surface area contributed by atoms with Crippen molar-refractivity contribution in [3.05, 3.63) is 20.8 Å². The van der Waals surface area contributed by atoms with E-state index in [1.807, 2.05) is 11.3 Å². The molecule has 13 heavy (non-hydrogen) atoms. The summed E-state index contributed by atoms with van der Waals surface area (Å²) in [7, 11) is 0. The first-order valence-electron chi connectivity index (χ1n) is 4.75. The van der Waals surface area contributed by atoms with Crippen molar-refractivity contribution in [1.29, 1.82) is 0 Å². The highest BCUT2D eigenvalue weighted by atomic mass is 79.9. The summed E-state index contributed by atoms with van der Waals surface area (Å²) < 4.78 is 1.25. The van der Waals surface area contributed by atoms with Crippen LogP contribution in [0.5, 0.6) is 0 Å². The molecular formula is C10H14BrNS. The SMILES string of the molecule is NC(CCc1sccc1Br)C1CC1. The zero-order valence-electron chi connectivity index (χ0n) is 7.50. The maximum atomic E-state index is 6.03. The highest BCUT2D eigenvalue weighted by molar-refractivity contribution is 9.10. The smallest absolute Gasteiger partial charge is 0.0314 e. The van der Waals surface area contributed by atoms with Crippen molar-refractivity contribution in [3.8, 4) is 0 Å². The minimum Gasteiger partial charge on any atom is -0.327 e. The van der Waals surface area contributed by atoms with Crippen LogP contribution in [0.4, 0.5) is 0 Å². The van der Waals surface area contributed by atoms with Crippen LogP contribution < -0.4 is 5.73 Å². The number of thiophene rings is 1. The van der Waals surface area contributed by atoms with Gasteiger partial charge in [0.1, 0.15) is 0 Å². The van der Waals surface area contributed by atoms with Gasteiger partial charge in [0.2, 0.25) is 0 Å². The Bertz CT molecular complexity index is 280. The molecule has 1 aliphatic rings. The summed E-state index contributed by atoms with van der Waals surface area (Å²) in [6.07, 6.45) is 4.99. The van der Waals surface area contributed by atoms with Crippen LogP contribution in [0.25, 0.3) is 0 Å². The summed E-state index contributed by atoms with van der Waals surface area (Å²) >= 11 is 5.36. The van der Waals surface area contributed by atoms with E-state index in [0.717, 1.165) is 18.8 Å². The molecule has 1 fully saturated rings.